The van der Waals surface area contributed by atoms with E-state index in [1.807, 2.05) is 24.3 Å². The van der Waals surface area contributed by atoms with Gasteiger partial charge in [-0.2, -0.15) is 0 Å². The number of likely N-dealkylation sites (N-methyl/N-ethyl adjacent to an activating group) is 1. The van der Waals surface area contributed by atoms with Crippen LogP contribution < -0.4 is 5.32 Å². The van der Waals surface area contributed by atoms with Gasteiger partial charge in [0.2, 0.25) is 11.8 Å². The van der Waals surface area contributed by atoms with E-state index in [9.17, 15) is 9.59 Å². The van der Waals surface area contributed by atoms with E-state index < -0.39 is 0 Å². The minimum absolute atomic E-state index is 0.0690. The number of carbonyl (C=O) groups is 2. The summed E-state index contributed by atoms with van der Waals surface area (Å²) in [6.45, 7) is 2.17. The molecule has 1 aliphatic carbocycles. The van der Waals surface area contributed by atoms with Gasteiger partial charge in [-0.15, -0.1) is 0 Å². The standard InChI is InChI=1S/C20H30N2O2/c1-3-17-11-7-8-12-18(17)21-19(23)15-22(2)20(24)14-13-16-9-5-4-6-10-16/h7-8,11-12,16H,3-6,9-10,13-15H2,1-2H3,(H,21,23). The second-order valence-corrected chi connectivity index (χ2v) is 6.85. The number of nitrogens with one attached hydrogen (secondary N) is 1. The average molecular weight is 330 g/mol. The summed E-state index contributed by atoms with van der Waals surface area (Å²) in [5, 5.41) is 2.92. The van der Waals surface area contributed by atoms with E-state index in [1.165, 1.54) is 32.1 Å². The Labute approximate surface area is 145 Å². The highest BCUT2D eigenvalue weighted by Gasteiger charge is 2.18. The lowest BCUT2D eigenvalue weighted by atomic mass is 9.86. The van der Waals surface area contributed by atoms with Gasteiger partial charge in [0.25, 0.3) is 0 Å². The van der Waals surface area contributed by atoms with Crippen molar-refractivity contribution in [3.05, 3.63) is 29.8 Å². The van der Waals surface area contributed by atoms with Crippen LogP contribution in [0.5, 0.6) is 0 Å². The van der Waals surface area contributed by atoms with Crippen LogP contribution in [0.1, 0.15) is 57.4 Å². The predicted octanol–water partition coefficient (Wildman–Crippen LogP) is 4.01. The smallest absolute Gasteiger partial charge is 0.243 e. The van der Waals surface area contributed by atoms with Crippen molar-refractivity contribution in [2.75, 3.05) is 18.9 Å². The molecular formula is C20H30N2O2. The molecule has 0 radical (unpaired) electrons. The number of hydrogen-bond acceptors (Lipinski definition) is 2. The van der Waals surface area contributed by atoms with Crippen LogP contribution in [0.25, 0.3) is 0 Å². The maximum absolute atomic E-state index is 12.2. The molecule has 4 heteroatoms. The summed E-state index contributed by atoms with van der Waals surface area (Å²) in [7, 11) is 1.72. The Kier molecular flexibility index (Phi) is 7.29. The van der Waals surface area contributed by atoms with Crippen molar-refractivity contribution in [2.24, 2.45) is 5.92 Å². The number of anilines is 1. The van der Waals surface area contributed by atoms with Gasteiger partial charge in [0.1, 0.15) is 0 Å². The first kappa shape index (κ1) is 18.5. The molecule has 0 bridgehead atoms. The zero-order valence-electron chi connectivity index (χ0n) is 15.0. The molecule has 0 unspecified atom stereocenters. The highest BCUT2D eigenvalue weighted by atomic mass is 16.2. The highest BCUT2D eigenvalue weighted by molar-refractivity contribution is 5.95. The maximum atomic E-state index is 12.2. The first-order valence-electron chi connectivity index (χ1n) is 9.22. The number of para-hydroxylation sites is 1. The van der Waals surface area contributed by atoms with E-state index in [-0.39, 0.29) is 18.4 Å². The third-order valence-corrected chi connectivity index (χ3v) is 4.97. The Hall–Kier alpha value is -1.84. The predicted molar refractivity (Wildman–Crippen MR) is 97.9 cm³/mol. The molecule has 0 atom stereocenters. The number of aryl methyl sites for hydroxylation is 1. The molecule has 0 aliphatic heterocycles. The van der Waals surface area contributed by atoms with Crippen molar-refractivity contribution in [3.8, 4) is 0 Å². The minimum atomic E-state index is -0.135. The average Bonchev–Trinajstić information content (AvgIpc) is 2.60. The van der Waals surface area contributed by atoms with E-state index in [0.29, 0.717) is 12.3 Å². The monoisotopic (exact) mass is 330 g/mol. The summed E-state index contributed by atoms with van der Waals surface area (Å²) in [4.78, 5) is 26.0. The molecule has 1 aliphatic rings. The highest BCUT2D eigenvalue weighted by Crippen LogP contribution is 2.27. The first-order valence-corrected chi connectivity index (χ1v) is 9.22. The van der Waals surface area contributed by atoms with Gasteiger partial charge in [-0.3, -0.25) is 9.59 Å². The molecule has 132 valence electrons. The van der Waals surface area contributed by atoms with E-state index in [0.717, 1.165) is 24.1 Å². The maximum Gasteiger partial charge on any atom is 0.243 e. The van der Waals surface area contributed by atoms with Crippen molar-refractivity contribution in [1.82, 2.24) is 4.90 Å². The Balaban J connectivity index is 1.76. The number of carbonyl (C=O) groups excluding carboxylic acids is 2. The molecule has 1 aromatic rings. The fourth-order valence-electron chi connectivity index (χ4n) is 3.44. The molecule has 1 aromatic carbocycles. The summed E-state index contributed by atoms with van der Waals surface area (Å²) >= 11 is 0. The van der Waals surface area contributed by atoms with Crippen molar-refractivity contribution in [1.29, 1.82) is 0 Å². The second-order valence-electron chi connectivity index (χ2n) is 6.85. The molecule has 1 fully saturated rings. The van der Waals surface area contributed by atoms with Gasteiger partial charge in [-0.25, -0.2) is 0 Å². The van der Waals surface area contributed by atoms with Crippen LogP contribution in [0, 0.1) is 5.92 Å². The summed E-state index contributed by atoms with van der Waals surface area (Å²) in [5.74, 6) is 0.630. The van der Waals surface area contributed by atoms with Gasteiger partial charge in [0, 0.05) is 19.2 Å². The van der Waals surface area contributed by atoms with Crippen LogP contribution in [-0.4, -0.2) is 30.3 Å². The summed E-state index contributed by atoms with van der Waals surface area (Å²) in [6, 6.07) is 7.79. The quantitative estimate of drug-likeness (QED) is 0.821. The summed E-state index contributed by atoms with van der Waals surface area (Å²) in [6.07, 6.45) is 8.83. The topological polar surface area (TPSA) is 49.4 Å². The van der Waals surface area contributed by atoms with Gasteiger partial charge in [0.05, 0.1) is 6.54 Å². The molecule has 1 N–H and O–H groups in total. The zero-order chi connectivity index (χ0) is 17.4. The first-order chi connectivity index (χ1) is 11.6. The molecule has 4 nitrogen and oxygen atoms in total. The normalized spacial score (nSPS) is 15.1. The number of amides is 2. The minimum Gasteiger partial charge on any atom is -0.336 e. The van der Waals surface area contributed by atoms with Crippen LogP contribution >= 0.6 is 0 Å². The van der Waals surface area contributed by atoms with E-state index in [4.69, 9.17) is 0 Å². The third kappa shape index (κ3) is 5.66. The Morgan fingerprint density at radius 1 is 1.17 bits per heavy atom. The zero-order valence-corrected chi connectivity index (χ0v) is 15.0. The largest absolute Gasteiger partial charge is 0.336 e. The molecule has 24 heavy (non-hydrogen) atoms. The number of rotatable bonds is 7. The number of nitrogens with zero attached hydrogens (tertiary/aromatic N) is 1. The fraction of sp³-hybridized carbons (Fsp3) is 0.600. The lowest BCUT2D eigenvalue weighted by molar-refractivity contribution is -0.133. The van der Waals surface area contributed by atoms with Crippen LogP contribution in [0.15, 0.2) is 24.3 Å². The van der Waals surface area contributed by atoms with E-state index >= 15 is 0 Å². The third-order valence-electron chi connectivity index (χ3n) is 4.97. The summed E-state index contributed by atoms with van der Waals surface area (Å²) < 4.78 is 0. The van der Waals surface area contributed by atoms with Gasteiger partial charge >= 0.3 is 0 Å². The van der Waals surface area contributed by atoms with Crippen LogP contribution in [0.2, 0.25) is 0 Å². The van der Waals surface area contributed by atoms with E-state index in [1.54, 1.807) is 11.9 Å². The molecule has 0 heterocycles. The van der Waals surface area contributed by atoms with Crippen LogP contribution in [0.3, 0.4) is 0 Å². The van der Waals surface area contributed by atoms with Gasteiger partial charge in [-0.1, -0.05) is 57.2 Å². The lowest BCUT2D eigenvalue weighted by Crippen LogP contribution is -2.35. The van der Waals surface area contributed by atoms with Crippen LogP contribution in [-0.2, 0) is 16.0 Å². The molecule has 0 aromatic heterocycles. The molecule has 2 rings (SSSR count). The molecule has 0 spiro atoms. The Morgan fingerprint density at radius 3 is 2.58 bits per heavy atom. The van der Waals surface area contributed by atoms with Gasteiger partial charge < -0.3 is 10.2 Å². The molecular weight excluding hydrogens is 300 g/mol. The number of hydrogen-bond donors (Lipinski definition) is 1. The lowest BCUT2D eigenvalue weighted by Gasteiger charge is -2.23. The van der Waals surface area contributed by atoms with E-state index in [2.05, 4.69) is 12.2 Å². The van der Waals surface area contributed by atoms with Crippen molar-refractivity contribution in [2.45, 2.75) is 58.3 Å². The summed E-state index contributed by atoms with van der Waals surface area (Å²) in [5.41, 5.74) is 1.95. The molecule has 0 saturated heterocycles. The Morgan fingerprint density at radius 2 is 1.88 bits per heavy atom. The molecule has 2 amide bonds. The fourth-order valence-corrected chi connectivity index (χ4v) is 3.44. The SMILES string of the molecule is CCc1ccccc1NC(=O)CN(C)C(=O)CCC1CCCCC1. The van der Waals surface area contributed by atoms with Crippen LogP contribution in [0.4, 0.5) is 5.69 Å². The van der Waals surface area contributed by atoms with Crippen molar-refractivity contribution < 1.29 is 9.59 Å². The second kappa shape index (κ2) is 9.45. The van der Waals surface area contributed by atoms with Crippen molar-refractivity contribution >= 4 is 17.5 Å². The molecule has 1 saturated carbocycles. The van der Waals surface area contributed by atoms with Crippen molar-refractivity contribution in [3.63, 3.8) is 0 Å². The van der Waals surface area contributed by atoms with Gasteiger partial charge in [0.15, 0.2) is 0 Å². The Bertz CT molecular complexity index is 550. The number of benzene rings is 1. The van der Waals surface area contributed by atoms with Gasteiger partial charge in [-0.05, 0) is 30.4 Å².